The van der Waals surface area contributed by atoms with E-state index in [0.29, 0.717) is 16.7 Å². The van der Waals surface area contributed by atoms with Crippen LogP contribution < -0.4 is 18.9 Å². The van der Waals surface area contributed by atoms with Crippen LogP contribution in [0.2, 0.25) is 0 Å². The van der Waals surface area contributed by atoms with Crippen molar-refractivity contribution in [3.8, 4) is 12.1 Å². The summed E-state index contributed by atoms with van der Waals surface area (Å²) in [6.45, 7) is 32.9. The van der Waals surface area contributed by atoms with Gasteiger partial charge in [-0.1, -0.05) is 12.1 Å². The third-order valence-electron chi connectivity index (χ3n) is 8.87. The summed E-state index contributed by atoms with van der Waals surface area (Å²) < 4.78 is 9.85. The number of hydrogen-bond acceptors (Lipinski definition) is 9. The monoisotopic (exact) mass is 734 g/mol. The molecule has 2 aromatic rings. The molecule has 0 aliphatic heterocycles. The Labute approximate surface area is 332 Å². The van der Waals surface area contributed by atoms with E-state index in [1.54, 1.807) is 46.8 Å². The van der Waals surface area contributed by atoms with Gasteiger partial charge in [0.2, 0.25) is 0 Å². The predicted octanol–water partition coefficient (Wildman–Crippen LogP) is 4.86. The number of benzene rings is 2. The molecule has 284 valence electrons. The topological polar surface area (TPSA) is 193 Å². The first-order valence-corrected chi connectivity index (χ1v) is 16.9. The van der Waals surface area contributed by atoms with Crippen LogP contribution in [0.1, 0.15) is 134 Å². The first-order valence-electron chi connectivity index (χ1n) is 16.9. The maximum Gasteiger partial charge on any atom is 1.00 e. The van der Waals surface area contributed by atoms with Crippen molar-refractivity contribution in [2.75, 3.05) is 13.2 Å². The zero-order valence-electron chi connectivity index (χ0n) is 33.4. The van der Waals surface area contributed by atoms with E-state index in [1.807, 2.05) is 52.0 Å². The maximum absolute atomic E-state index is 12.0. The number of rotatable bonds is 16. The summed E-state index contributed by atoms with van der Waals surface area (Å²) in [6, 6.07) is 15.5. The summed E-state index contributed by atoms with van der Waals surface area (Å²) in [6.07, 6.45) is 0.0665. The zero-order valence-corrected chi connectivity index (χ0v) is 33.4. The summed E-state index contributed by atoms with van der Waals surface area (Å²) in [5.74, 6) is -2.32. The molecule has 0 aliphatic carbocycles. The van der Waals surface area contributed by atoms with Crippen LogP contribution in [0, 0.1) is 35.8 Å². The summed E-state index contributed by atoms with van der Waals surface area (Å²) in [5, 5.41) is 28.1. The van der Waals surface area contributed by atoms with Crippen molar-refractivity contribution in [3.63, 3.8) is 0 Å². The fourth-order valence-electron chi connectivity index (χ4n) is 5.18. The van der Waals surface area contributed by atoms with Crippen LogP contribution in [0.25, 0.3) is 9.69 Å². The Kier molecular flexibility index (Phi) is 20.5. The predicted molar refractivity (Wildman–Crippen MR) is 198 cm³/mol. The minimum absolute atomic E-state index is 0. The van der Waals surface area contributed by atoms with Gasteiger partial charge in [-0.05, 0) is 88.1 Å². The molecular formula is C41H51LiN4O8. The molecular weight excluding hydrogens is 683 g/mol. The Balaban J connectivity index is 0. The Hall–Kier alpha value is -4.96. The average molecular weight is 735 g/mol. The second kappa shape index (κ2) is 21.7. The molecule has 2 aromatic carbocycles. The molecule has 0 heterocycles. The third kappa shape index (κ3) is 14.8. The fourth-order valence-corrected chi connectivity index (χ4v) is 5.18. The Morgan fingerprint density at radius 3 is 1.52 bits per heavy atom. The van der Waals surface area contributed by atoms with Gasteiger partial charge < -0.3 is 34.5 Å². The van der Waals surface area contributed by atoms with E-state index in [-0.39, 0.29) is 81.0 Å². The number of nitriles is 2. The molecule has 2 unspecified atom stereocenters. The number of ketones is 1. The van der Waals surface area contributed by atoms with Crippen molar-refractivity contribution in [1.29, 1.82) is 10.5 Å². The molecule has 2 rings (SSSR count). The first kappa shape index (κ1) is 51.1. The molecule has 2 N–H and O–H groups in total. The SMILES string of the molecule is [C-]#[N+]C(C)(C)c1cc(C(CC(C)=O)CC(=O)OCC)cc(C(C)(C)C#N)c1.[C-]#[N+]C(C)(C)c1cc(C(COC=O)CC(=O)O)cc(C(C)(C)C#N)c1.[Li+].[OH-]. The van der Waals surface area contributed by atoms with Crippen LogP contribution in [0.3, 0.4) is 0 Å². The summed E-state index contributed by atoms with van der Waals surface area (Å²) >= 11 is 0. The number of ether oxygens (including phenoxy) is 2. The van der Waals surface area contributed by atoms with E-state index in [9.17, 15) is 29.7 Å². The number of hydrogen-bond donors (Lipinski definition) is 1. The quantitative estimate of drug-likeness (QED) is 0.108. The smallest absolute Gasteiger partial charge is 0.870 e. The van der Waals surface area contributed by atoms with Crippen LogP contribution >= 0.6 is 0 Å². The Morgan fingerprint density at radius 1 is 0.778 bits per heavy atom. The number of esters is 1. The first-order chi connectivity index (χ1) is 24.0. The van der Waals surface area contributed by atoms with Gasteiger partial charge in [-0.15, -0.1) is 0 Å². The van der Waals surface area contributed by atoms with Crippen molar-refractivity contribution < 1.29 is 58.1 Å². The molecule has 0 radical (unpaired) electrons. The van der Waals surface area contributed by atoms with Crippen molar-refractivity contribution in [2.45, 2.75) is 122 Å². The maximum atomic E-state index is 12.0. The Bertz CT molecular complexity index is 1720. The largest absolute Gasteiger partial charge is 1.00 e. The zero-order chi connectivity index (χ0) is 40.1. The number of carbonyl (C=O) groups is 4. The van der Waals surface area contributed by atoms with Gasteiger partial charge in [0.15, 0.2) is 0 Å². The van der Waals surface area contributed by atoms with Crippen molar-refractivity contribution in [1.82, 2.24) is 0 Å². The normalized spacial score (nSPS) is 12.1. The van der Waals surface area contributed by atoms with Gasteiger partial charge in [-0.3, -0.25) is 14.4 Å². The molecule has 0 spiro atoms. The Morgan fingerprint density at radius 2 is 1.19 bits per heavy atom. The molecule has 0 fully saturated rings. The molecule has 0 bridgehead atoms. The molecule has 54 heavy (non-hydrogen) atoms. The second-order valence-electron chi connectivity index (χ2n) is 14.8. The minimum atomic E-state index is -1.02. The van der Waals surface area contributed by atoms with Crippen molar-refractivity contribution in [2.24, 2.45) is 0 Å². The molecule has 0 aliphatic rings. The van der Waals surface area contributed by atoms with E-state index in [4.69, 9.17) is 27.7 Å². The molecule has 2 atom stereocenters. The van der Waals surface area contributed by atoms with Gasteiger partial charge in [0.25, 0.3) is 17.6 Å². The number of aliphatic carboxylic acids is 1. The van der Waals surface area contributed by atoms with Gasteiger partial charge in [-0.25, -0.2) is 13.1 Å². The molecule has 12 nitrogen and oxygen atoms in total. The molecule has 13 heteroatoms. The van der Waals surface area contributed by atoms with Crippen molar-refractivity contribution >= 4 is 24.2 Å². The summed E-state index contributed by atoms with van der Waals surface area (Å²) in [5.41, 5.74) is 1.19. The number of carbonyl (C=O) groups excluding carboxylic acids is 3. The fraction of sp³-hybridized carbons (Fsp3) is 0.512. The molecule has 0 saturated carbocycles. The summed E-state index contributed by atoms with van der Waals surface area (Å²) in [7, 11) is 0. The van der Waals surface area contributed by atoms with E-state index in [1.165, 1.54) is 6.92 Å². The van der Waals surface area contributed by atoms with Gasteiger partial charge in [0.1, 0.15) is 5.78 Å². The standard InChI is InChI=1S/C22H28N2O3.C19H22N2O4.Li.H2O/c1-8-27-20(26)12-16(9-15(2)25)17-10-18(21(3,4)14-23)13-19(11-17)22(5,6)24-7;1-18(2,11-20)15-6-13(7-16(9-15)19(3,4)21-5)14(8-17(23)24)10-25-12-22;;/h10-11,13,16H,8-9,12H2,1-6H3;6-7,9,12,14H,8,10H2,1-4H3,(H,23,24);;1H2/q;;+1;/p-1. The summed E-state index contributed by atoms with van der Waals surface area (Å²) in [4.78, 5) is 52.9. The van der Waals surface area contributed by atoms with Crippen LogP contribution in [-0.4, -0.2) is 48.0 Å². The minimum Gasteiger partial charge on any atom is -0.870 e. The van der Waals surface area contributed by atoms with Gasteiger partial charge in [0.05, 0.1) is 49.0 Å². The molecule has 0 aromatic heterocycles. The van der Waals surface area contributed by atoms with Crippen LogP contribution in [0.4, 0.5) is 0 Å². The number of nitrogens with zero attached hydrogens (tertiary/aromatic N) is 4. The van der Waals surface area contributed by atoms with Gasteiger partial charge in [0, 0.05) is 57.1 Å². The third-order valence-corrected chi connectivity index (χ3v) is 8.87. The molecule has 0 saturated heterocycles. The van der Waals surface area contributed by atoms with Gasteiger partial charge >= 0.3 is 30.8 Å². The number of carboxylic acid groups (broad SMARTS) is 1. The van der Waals surface area contributed by atoms with E-state index < -0.39 is 33.8 Å². The van der Waals surface area contributed by atoms with Gasteiger partial charge in [-0.2, -0.15) is 10.5 Å². The average Bonchev–Trinajstić information content (AvgIpc) is 3.09. The van der Waals surface area contributed by atoms with E-state index in [0.717, 1.165) is 16.7 Å². The number of carboxylic acids is 1. The molecule has 0 amide bonds. The van der Waals surface area contributed by atoms with Crippen LogP contribution in [0.15, 0.2) is 36.4 Å². The van der Waals surface area contributed by atoms with Crippen LogP contribution in [-0.2, 0) is 50.6 Å². The second-order valence-corrected chi connectivity index (χ2v) is 14.8. The van der Waals surface area contributed by atoms with Crippen LogP contribution in [0.5, 0.6) is 0 Å². The van der Waals surface area contributed by atoms with E-state index in [2.05, 4.69) is 21.8 Å². The number of Topliss-reactive ketones (excluding diaryl/α,β-unsaturated/α-hetero) is 1. The van der Waals surface area contributed by atoms with E-state index >= 15 is 0 Å². The van der Waals surface area contributed by atoms with Crippen molar-refractivity contribution in [3.05, 3.63) is 92.6 Å².